The molecule has 0 saturated heterocycles. The van der Waals surface area contributed by atoms with Gasteiger partial charge in [-0.2, -0.15) is 0 Å². The van der Waals surface area contributed by atoms with Gasteiger partial charge in [0.25, 0.3) is 0 Å². The second-order valence-electron chi connectivity index (χ2n) is 4.75. The van der Waals surface area contributed by atoms with Crippen LogP contribution in [0, 0.1) is 24.4 Å². The monoisotopic (exact) mass is 314 g/mol. The Labute approximate surface area is 125 Å². The molecule has 1 unspecified atom stereocenters. The summed E-state index contributed by atoms with van der Waals surface area (Å²) < 4.78 is 41.8. The number of nitrogens with two attached hydrogens (primary N) is 1. The Bertz CT molecular complexity index is 662. The van der Waals surface area contributed by atoms with Crippen molar-refractivity contribution in [2.24, 2.45) is 5.84 Å². The largest absolute Gasteiger partial charge is 0.271 e. The Kier molecular flexibility index (Phi) is 4.88. The van der Waals surface area contributed by atoms with Crippen molar-refractivity contribution >= 4 is 11.6 Å². The number of hydrazine groups is 1. The molecule has 112 valence electrons. The van der Waals surface area contributed by atoms with Gasteiger partial charge in [0.1, 0.15) is 17.5 Å². The van der Waals surface area contributed by atoms with Gasteiger partial charge in [0.2, 0.25) is 0 Å². The van der Waals surface area contributed by atoms with Gasteiger partial charge in [-0.3, -0.25) is 11.3 Å². The average Bonchev–Trinajstić information content (AvgIpc) is 2.45. The molecule has 0 amide bonds. The summed E-state index contributed by atoms with van der Waals surface area (Å²) in [7, 11) is 0. The highest BCUT2D eigenvalue weighted by Gasteiger charge is 2.22. The van der Waals surface area contributed by atoms with Crippen LogP contribution in [0.2, 0.25) is 5.02 Å². The summed E-state index contributed by atoms with van der Waals surface area (Å²) in [5.41, 5.74) is 2.64. The van der Waals surface area contributed by atoms with Gasteiger partial charge in [-0.05, 0) is 48.7 Å². The fourth-order valence-electron chi connectivity index (χ4n) is 2.16. The molecule has 1 atom stereocenters. The van der Waals surface area contributed by atoms with Gasteiger partial charge >= 0.3 is 0 Å². The zero-order chi connectivity index (χ0) is 15.6. The summed E-state index contributed by atoms with van der Waals surface area (Å²) >= 11 is 5.81. The van der Waals surface area contributed by atoms with E-state index in [1.54, 1.807) is 0 Å². The van der Waals surface area contributed by atoms with E-state index in [9.17, 15) is 13.2 Å². The van der Waals surface area contributed by atoms with Gasteiger partial charge in [-0.25, -0.2) is 13.2 Å². The maximum Gasteiger partial charge on any atom is 0.133 e. The van der Waals surface area contributed by atoms with Gasteiger partial charge in [-0.15, -0.1) is 0 Å². The zero-order valence-corrected chi connectivity index (χ0v) is 12.0. The van der Waals surface area contributed by atoms with E-state index in [2.05, 4.69) is 5.43 Å². The lowest BCUT2D eigenvalue weighted by molar-refractivity contribution is 0.463. The molecule has 0 aliphatic carbocycles. The normalized spacial score (nSPS) is 12.5. The van der Waals surface area contributed by atoms with Crippen molar-refractivity contribution in [3.05, 3.63) is 69.5 Å². The van der Waals surface area contributed by atoms with Crippen molar-refractivity contribution < 1.29 is 13.2 Å². The first-order valence-electron chi connectivity index (χ1n) is 6.28. The third-order valence-electron chi connectivity index (χ3n) is 3.30. The second kappa shape index (κ2) is 6.47. The number of nitrogens with one attached hydrogen (secondary N) is 1. The van der Waals surface area contributed by atoms with E-state index in [4.69, 9.17) is 17.4 Å². The van der Waals surface area contributed by atoms with Crippen LogP contribution >= 0.6 is 11.6 Å². The van der Waals surface area contributed by atoms with E-state index in [0.29, 0.717) is 10.6 Å². The summed E-state index contributed by atoms with van der Waals surface area (Å²) in [6.07, 6.45) is -0.0276. The fraction of sp³-hybridized carbons (Fsp3) is 0.200. The van der Waals surface area contributed by atoms with Crippen molar-refractivity contribution in [2.45, 2.75) is 19.4 Å². The third-order valence-corrected chi connectivity index (χ3v) is 3.54. The minimum atomic E-state index is -0.905. The number of benzene rings is 2. The maximum atomic E-state index is 14.1. The molecule has 2 rings (SSSR count). The molecule has 0 saturated carbocycles. The molecule has 2 nitrogen and oxygen atoms in total. The molecule has 0 spiro atoms. The van der Waals surface area contributed by atoms with E-state index in [0.717, 1.165) is 6.07 Å². The van der Waals surface area contributed by atoms with E-state index in [1.165, 1.54) is 31.2 Å². The molecule has 2 aromatic carbocycles. The lowest BCUT2D eigenvalue weighted by Crippen LogP contribution is -2.31. The first-order valence-corrected chi connectivity index (χ1v) is 6.66. The molecule has 21 heavy (non-hydrogen) atoms. The average molecular weight is 315 g/mol. The number of halogens is 4. The van der Waals surface area contributed by atoms with Crippen molar-refractivity contribution in [1.82, 2.24) is 5.43 Å². The summed E-state index contributed by atoms with van der Waals surface area (Å²) in [5.74, 6) is 3.46. The molecule has 0 aromatic heterocycles. The van der Waals surface area contributed by atoms with Crippen LogP contribution in [-0.4, -0.2) is 0 Å². The van der Waals surface area contributed by atoms with Crippen LogP contribution in [0.25, 0.3) is 0 Å². The summed E-state index contributed by atoms with van der Waals surface area (Å²) in [5, 5.41) is 0.340. The van der Waals surface area contributed by atoms with Crippen LogP contribution in [0.3, 0.4) is 0 Å². The van der Waals surface area contributed by atoms with Gasteiger partial charge in [0.05, 0.1) is 6.04 Å². The minimum Gasteiger partial charge on any atom is -0.271 e. The maximum absolute atomic E-state index is 14.1. The fourth-order valence-corrected chi connectivity index (χ4v) is 2.36. The van der Waals surface area contributed by atoms with E-state index < -0.39 is 23.5 Å². The number of hydrogen-bond donors (Lipinski definition) is 2. The van der Waals surface area contributed by atoms with Crippen molar-refractivity contribution in [2.75, 3.05) is 0 Å². The van der Waals surface area contributed by atoms with Crippen molar-refractivity contribution in [3.63, 3.8) is 0 Å². The van der Waals surface area contributed by atoms with Gasteiger partial charge in [0.15, 0.2) is 0 Å². The third kappa shape index (κ3) is 3.37. The highest BCUT2D eigenvalue weighted by Crippen LogP contribution is 2.27. The predicted octanol–water partition coefficient (Wildman–Crippen LogP) is 3.81. The Morgan fingerprint density at radius 1 is 1.14 bits per heavy atom. The molecule has 0 bridgehead atoms. The quantitative estimate of drug-likeness (QED) is 0.665. The second-order valence-corrected chi connectivity index (χ2v) is 5.19. The van der Waals surface area contributed by atoms with Gasteiger partial charge < -0.3 is 0 Å². The summed E-state index contributed by atoms with van der Waals surface area (Å²) in [6, 6.07) is 5.60. The minimum absolute atomic E-state index is 0.0276. The molecule has 0 radical (unpaired) electrons. The Morgan fingerprint density at radius 2 is 1.81 bits per heavy atom. The predicted molar refractivity (Wildman–Crippen MR) is 76.3 cm³/mol. The first-order chi connectivity index (χ1) is 9.93. The van der Waals surface area contributed by atoms with Crippen LogP contribution in [0.15, 0.2) is 30.3 Å². The number of hydrogen-bond acceptors (Lipinski definition) is 2. The van der Waals surface area contributed by atoms with Gasteiger partial charge in [0, 0.05) is 10.6 Å². The molecular formula is C15H14ClF3N2. The highest BCUT2D eigenvalue weighted by molar-refractivity contribution is 6.30. The molecule has 3 N–H and O–H groups in total. The molecule has 0 heterocycles. The standard InChI is InChI=1S/C15H14ClF3N2/c1-8-2-4-12(18)14(15(8)19)13(21-20)7-9-6-10(16)3-5-11(9)17/h2-6,13,21H,7,20H2,1H3. The molecule has 2 aromatic rings. The molecule has 0 fully saturated rings. The van der Waals surface area contributed by atoms with Crippen molar-refractivity contribution in [3.8, 4) is 0 Å². The van der Waals surface area contributed by atoms with Gasteiger partial charge in [-0.1, -0.05) is 17.7 Å². The Balaban J connectivity index is 2.41. The van der Waals surface area contributed by atoms with E-state index >= 15 is 0 Å². The van der Waals surface area contributed by atoms with Crippen LogP contribution in [-0.2, 0) is 6.42 Å². The number of aryl methyl sites for hydroxylation is 1. The topological polar surface area (TPSA) is 38.0 Å². The summed E-state index contributed by atoms with van der Waals surface area (Å²) in [6.45, 7) is 1.52. The smallest absolute Gasteiger partial charge is 0.133 e. The molecule has 0 aliphatic rings. The Morgan fingerprint density at radius 3 is 2.48 bits per heavy atom. The van der Waals surface area contributed by atoms with Crippen molar-refractivity contribution in [1.29, 1.82) is 0 Å². The zero-order valence-electron chi connectivity index (χ0n) is 11.3. The summed E-state index contributed by atoms with van der Waals surface area (Å²) in [4.78, 5) is 0. The van der Waals surface area contributed by atoms with Crippen LogP contribution in [0.4, 0.5) is 13.2 Å². The van der Waals surface area contributed by atoms with E-state index in [1.807, 2.05) is 0 Å². The number of rotatable bonds is 4. The van der Waals surface area contributed by atoms with Crippen LogP contribution < -0.4 is 11.3 Å². The lowest BCUT2D eigenvalue weighted by atomic mass is 9.96. The first kappa shape index (κ1) is 15.8. The lowest BCUT2D eigenvalue weighted by Gasteiger charge is -2.19. The molecule has 0 aliphatic heterocycles. The van der Waals surface area contributed by atoms with Crippen LogP contribution in [0.1, 0.15) is 22.7 Å². The van der Waals surface area contributed by atoms with E-state index in [-0.39, 0.29) is 17.5 Å². The van der Waals surface area contributed by atoms with Crippen LogP contribution in [0.5, 0.6) is 0 Å². The molecular weight excluding hydrogens is 301 g/mol. The molecule has 6 heteroatoms. The highest BCUT2D eigenvalue weighted by atomic mass is 35.5. The SMILES string of the molecule is Cc1ccc(F)c(C(Cc2cc(Cl)ccc2F)NN)c1F. The Hall–Kier alpha value is -1.56.